The Morgan fingerprint density at radius 3 is 1.38 bits per heavy atom. The molecule has 2 fully saturated rings. The maximum Gasteiger partial charge on any atom is 0.252 e. The molecule has 2 aromatic carbocycles. The van der Waals surface area contributed by atoms with Gasteiger partial charge in [0, 0.05) is 10.0 Å². The van der Waals surface area contributed by atoms with Crippen LogP contribution in [-0.4, -0.2) is 33.3 Å². The maximum absolute atomic E-state index is 12.6. The van der Waals surface area contributed by atoms with Crippen molar-refractivity contribution in [2.45, 2.75) is 10.7 Å². The maximum atomic E-state index is 12.6. The molecule has 0 bridgehead atoms. The summed E-state index contributed by atoms with van der Waals surface area (Å²) in [5, 5.41) is 4.02. The summed E-state index contributed by atoms with van der Waals surface area (Å²) in [7, 11) is 0. The molecule has 0 aromatic heterocycles. The average molecular weight is 425 g/mol. The van der Waals surface area contributed by atoms with Crippen LogP contribution in [0.1, 0.15) is 21.9 Å². The Kier molecular flexibility index (Phi) is 5.10. The summed E-state index contributed by atoms with van der Waals surface area (Å²) in [5.41, 5.74) is 1.90. The molecule has 2 aromatic rings. The van der Waals surface area contributed by atoms with Crippen LogP contribution in [0.2, 0.25) is 10.0 Å². The molecule has 2 heterocycles. The van der Waals surface area contributed by atoms with E-state index < -0.39 is 0 Å². The quantitative estimate of drug-likeness (QED) is 0.711. The number of benzene rings is 2. The van der Waals surface area contributed by atoms with Gasteiger partial charge in [0.2, 0.25) is 0 Å². The third-order valence-corrected chi connectivity index (χ3v) is 7.13. The summed E-state index contributed by atoms with van der Waals surface area (Å²) in [4.78, 5) is 25.3. The zero-order valence-corrected chi connectivity index (χ0v) is 16.6. The van der Waals surface area contributed by atoms with Crippen LogP contribution in [-0.2, 0) is 9.59 Å². The Hall–Kier alpha value is -1.34. The third kappa shape index (κ3) is 3.31. The zero-order valence-electron chi connectivity index (χ0n) is 13.5. The van der Waals surface area contributed by atoms with E-state index in [0.717, 1.165) is 11.1 Å². The third-order valence-electron chi connectivity index (χ3n) is 4.23. The van der Waals surface area contributed by atoms with Gasteiger partial charge < -0.3 is 0 Å². The fourth-order valence-electron chi connectivity index (χ4n) is 3.03. The lowest BCUT2D eigenvalue weighted by molar-refractivity contribution is -0.161. The van der Waals surface area contributed by atoms with Gasteiger partial charge in [-0.1, -0.05) is 47.5 Å². The minimum absolute atomic E-state index is 0.0650. The van der Waals surface area contributed by atoms with Crippen LogP contribution in [0.4, 0.5) is 0 Å². The lowest BCUT2D eigenvalue weighted by Crippen LogP contribution is -2.47. The molecule has 4 nitrogen and oxygen atoms in total. The van der Waals surface area contributed by atoms with Crippen molar-refractivity contribution >= 4 is 58.5 Å². The summed E-state index contributed by atoms with van der Waals surface area (Å²) < 4.78 is 0. The Morgan fingerprint density at radius 1 is 0.692 bits per heavy atom. The first-order valence-corrected chi connectivity index (χ1v) is 10.8. The Bertz CT molecular complexity index is 774. The van der Waals surface area contributed by atoms with E-state index >= 15 is 0 Å². The van der Waals surface area contributed by atoms with E-state index in [0.29, 0.717) is 21.6 Å². The Morgan fingerprint density at radius 2 is 1.04 bits per heavy atom. The number of carbonyl (C=O) groups is 2. The fourth-order valence-corrected chi connectivity index (χ4v) is 5.57. The van der Waals surface area contributed by atoms with Gasteiger partial charge in [0.1, 0.15) is 10.7 Å². The molecule has 2 aliphatic heterocycles. The number of halogens is 2. The van der Waals surface area contributed by atoms with E-state index in [4.69, 9.17) is 23.2 Å². The van der Waals surface area contributed by atoms with Crippen molar-refractivity contribution in [3.8, 4) is 0 Å². The molecule has 2 saturated heterocycles. The molecule has 0 saturated carbocycles. The van der Waals surface area contributed by atoms with E-state index in [2.05, 4.69) is 0 Å². The lowest BCUT2D eigenvalue weighted by atomic mass is 10.2. The molecule has 134 valence electrons. The predicted molar refractivity (Wildman–Crippen MR) is 107 cm³/mol. The van der Waals surface area contributed by atoms with Crippen LogP contribution in [0.15, 0.2) is 48.5 Å². The number of thioether (sulfide) groups is 2. The van der Waals surface area contributed by atoms with Gasteiger partial charge in [0.05, 0.1) is 11.5 Å². The molecular formula is C18H14Cl2N2O2S2. The molecule has 2 amide bonds. The molecule has 8 heteroatoms. The van der Waals surface area contributed by atoms with Gasteiger partial charge in [0.15, 0.2) is 0 Å². The first-order valence-electron chi connectivity index (χ1n) is 7.93. The van der Waals surface area contributed by atoms with Gasteiger partial charge in [-0.3, -0.25) is 9.59 Å². The van der Waals surface area contributed by atoms with Crippen LogP contribution < -0.4 is 0 Å². The van der Waals surface area contributed by atoms with Gasteiger partial charge in [-0.15, -0.1) is 23.5 Å². The number of rotatable bonds is 3. The van der Waals surface area contributed by atoms with E-state index in [9.17, 15) is 9.59 Å². The average Bonchev–Trinajstić information content (AvgIpc) is 3.19. The summed E-state index contributed by atoms with van der Waals surface area (Å²) in [6, 6.07) is 14.8. The van der Waals surface area contributed by atoms with Crippen molar-refractivity contribution in [2.75, 3.05) is 11.5 Å². The molecule has 4 rings (SSSR count). The van der Waals surface area contributed by atoms with Crippen molar-refractivity contribution in [1.82, 2.24) is 10.0 Å². The smallest absolute Gasteiger partial charge is 0.252 e. The van der Waals surface area contributed by atoms with Crippen molar-refractivity contribution in [3.05, 3.63) is 69.7 Å². The number of nitrogens with zero attached hydrogens (tertiary/aromatic N) is 2. The molecular weight excluding hydrogens is 411 g/mol. The van der Waals surface area contributed by atoms with Crippen LogP contribution in [0, 0.1) is 0 Å². The molecule has 0 spiro atoms. The summed E-state index contributed by atoms with van der Waals surface area (Å²) >= 11 is 15.0. The number of carbonyl (C=O) groups excluding carboxylic acids is 2. The largest absolute Gasteiger partial charge is 0.272 e. The molecule has 26 heavy (non-hydrogen) atoms. The first kappa shape index (κ1) is 18.0. The second-order valence-electron chi connectivity index (χ2n) is 5.91. The van der Waals surface area contributed by atoms with Gasteiger partial charge in [-0.2, -0.15) is 0 Å². The molecule has 0 unspecified atom stereocenters. The highest BCUT2D eigenvalue weighted by Gasteiger charge is 2.45. The van der Waals surface area contributed by atoms with Crippen molar-refractivity contribution in [1.29, 1.82) is 0 Å². The summed E-state index contributed by atoms with van der Waals surface area (Å²) in [6.07, 6.45) is 0. The van der Waals surface area contributed by atoms with E-state index in [-0.39, 0.29) is 22.6 Å². The van der Waals surface area contributed by atoms with E-state index in [1.165, 1.54) is 23.5 Å². The standard InChI is InChI=1S/C18H14Cl2N2O2S2/c19-13-5-1-11(2-6-13)17-21(15(23)9-25-17)22-16(24)10-26-18(22)12-3-7-14(20)8-4-12/h1-8,17-18H,9-10H2/t17-,18-/m0/s1. The Labute approximate surface area is 169 Å². The van der Waals surface area contributed by atoms with Crippen LogP contribution in [0.5, 0.6) is 0 Å². The SMILES string of the molecule is O=C1CS[C@@H](c2ccc(Cl)cc2)N1N1C(=O)CS[C@H]1c1ccc(Cl)cc1. The van der Waals surface area contributed by atoms with Crippen molar-refractivity contribution in [3.63, 3.8) is 0 Å². The number of hydrazine groups is 1. The normalized spacial score (nSPS) is 23.2. The molecule has 0 aliphatic carbocycles. The lowest BCUT2D eigenvalue weighted by Gasteiger charge is -2.36. The Balaban J connectivity index is 1.69. The van der Waals surface area contributed by atoms with Crippen molar-refractivity contribution < 1.29 is 9.59 Å². The van der Waals surface area contributed by atoms with Gasteiger partial charge in [-0.25, -0.2) is 10.0 Å². The molecule has 0 radical (unpaired) electrons. The topological polar surface area (TPSA) is 40.6 Å². The van der Waals surface area contributed by atoms with Crippen LogP contribution in [0.3, 0.4) is 0 Å². The fraction of sp³-hybridized carbons (Fsp3) is 0.222. The van der Waals surface area contributed by atoms with E-state index in [1.807, 2.05) is 24.3 Å². The van der Waals surface area contributed by atoms with Crippen LogP contribution >= 0.6 is 46.7 Å². The van der Waals surface area contributed by atoms with Crippen molar-refractivity contribution in [2.24, 2.45) is 0 Å². The van der Waals surface area contributed by atoms with Gasteiger partial charge in [0.25, 0.3) is 11.8 Å². The second kappa shape index (κ2) is 7.35. The molecule has 2 aliphatic rings. The predicted octanol–water partition coefficient (Wildman–Crippen LogP) is 4.76. The highest BCUT2D eigenvalue weighted by atomic mass is 35.5. The van der Waals surface area contributed by atoms with E-state index in [1.54, 1.807) is 34.3 Å². The zero-order chi connectivity index (χ0) is 18.3. The second-order valence-corrected chi connectivity index (χ2v) is 8.92. The number of hydrogen-bond donors (Lipinski definition) is 0. The minimum atomic E-state index is -0.239. The summed E-state index contributed by atoms with van der Waals surface area (Å²) in [6.45, 7) is 0. The highest BCUT2D eigenvalue weighted by Crippen LogP contribution is 2.47. The molecule has 0 N–H and O–H groups in total. The van der Waals surface area contributed by atoms with Crippen LogP contribution in [0.25, 0.3) is 0 Å². The number of hydrogen-bond acceptors (Lipinski definition) is 4. The first-order chi connectivity index (χ1) is 12.5. The number of amides is 2. The summed E-state index contributed by atoms with van der Waals surface area (Å²) in [5.74, 6) is 0.555. The van der Waals surface area contributed by atoms with Gasteiger partial charge in [-0.05, 0) is 35.4 Å². The van der Waals surface area contributed by atoms with Gasteiger partial charge >= 0.3 is 0 Å². The minimum Gasteiger partial charge on any atom is -0.272 e. The monoisotopic (exact) mass is 424 g/mol. The highest BCUT2D eigenvalue weighted by molar-refractivity contribution is 8.01. The molecule has 2 atom stereocenters.